The van der Waals surface area contributed by atoms with Crippen LogP contribution in [0.1, 0.15) is 17.5 Å². The Bertz CT molecular complexity index is 432. The Morgan fingerprint density at radius 2 is 2.27 bits per heavy atom. The van der Waals surface area contributed by atoms with Crippen molar-refractivity contribution in [1.29, 1.82) is 0 Å². The van der Waals surface area contributed by atoms with E-state index in [4.69, 9.17) is 22.4 Å². The van der Waals surface area contributed by atoms with Gasteiger partial charge in [-0.2, -0.15) is 0 Å². The minimum atomic E-state index is -0.459. The van der Waals surface area contributed by atoms with Gasteiger partial charge in [0.15, 0.2) is 0 Å². The molecule has 0 bridgehead atoms. The predicted octanol–water partition coefficient (Wildman–Crippen LogP) is 1.06. The number of benzene rings is 1. The molecule has 0 saturated heterocycles. The van der Waals surface area contributed by atoms with Crippen molar-refractivity contribution < 1.29 is 9.90 Å². The van der Waals surface area contributed by atoms with E-state index in [1.807, 2.05) is 0 Å². The van der Waals surface area contributed by atoms with E-state index in [1.165, 1.54) is 0 Å². The zero-order valence-electron chi connectivity index (χ0n) is 7.96. The molecule has 0 aliphatic carbocycles. The van der Waals surface area contributed by atoms with Gasteiger partial charge in [-0.05, 0) is 23.8 Å². The lowest BCUT2D eigenvalue weighted by Crippen LogP contribution is -2.08. The molecule has 0 fully saturated rings. The third-order valence-corrected chi connectivity index (χ3v) is 2.08. The predicted molar refractivity (Wildman–Crippen MR) is 58.1 cm³/mol. The topological polar surface area (TPSA) is 63.3 Å². The van der Waals surface area contributed by atoms with Crippen molar-refractivity contribution in [2.75, 3.05) is 0 Å². The lowest BCUT2D eigenvalue weighted by Gasteiger charge is -1.99. The van der Waals surface area contributed by atoms with Crippen molar-refractivity contribution in [2.45, 2.75) is 13.0 Å². The fraction of sp³-hybridized carbons (Fsp3) is 0.182. The number of primary amides is 1. The number of hydrogen-bond donors (Lipinski definition) is 2. The van der Waals surface area contributed by atoms with Gasteiger partial charge in [0.05, 0.1) is 13.0 Å². The molecule has 1 aromatic rings. The second kappa shape index (κ2) is 5.40. The summed E-state index contributed by atoms with van der Waals surface area (Å²) in [7, 11) is 0. The van der Waals surface area contributed by atoms with Crippen LogP contribution < -0.4 is 5.73 Å². The van der Waals surface area contributed by atoms with Crippen LogP contribution in [0.3, 0.4) is 0 Å². The maximum Gasteiger partial charge on any atom is 0.229 e. The van der Waals surface area contributed by atoms with Gasteiger partial charge in [0.1, 0.15) is 0 Å². The number of aliphatic hydroxyl groups excluding tert-OH is 1. The van der Waals surface area contributed by atoms with Crippen molar-refractivity contribution in [3.05, 3.63) is 34.3 Å². The molecule has 0 spiro atoms. The summed E-state index contributed by atoms with van der Waals surface area (Å²) in [5.74, 6) is 4.92. The first-order valence-corrected chi connectivity index (χ1v) is 4.67. The minimum absolute atomic E-state index is 0.0249. The van der Waals surface area contributed by atoms with Crippen molar-refractivity contribution in [1.82, 2.24) is 0 Å². The van der Waals surface area contributed by atoms with Gasteiger partial charge in [0, 0.05) is 10.6 Å². The largest absolute Gasteiger partial charge is 0.392 e. The Balaban J connectivity index is 2.85. The summed E-state index contributed by atoms with van der Waals surface area (Å²) in [6, 6.07) is 5.05. The van der Waals surface area contributed by atoms with Crippen LogP contribution in [-0.2, 0) is 11.4 Å². The fourth-order valence-electron chi connectivity index (χ4n) is 1.01. The average Bonchev–Trinajstić information content (AvgIpc) is 2.20. The van der Waals surface area contributed by atoms with Gasteiger partial charge in [-0.1, -0.05) is 23.4 Å². The summed E-state index contributed by atoms with van der Waals surface area (Å²) in [5, 5.41) is 9.45. The van der Waals surface area contributed by atoms with Gasteiger partial charge in [0.2, 0.25) is 5.91 Å². The molecule has 0 aliphatic rings. The van der Waals surface area contributed by atoms with Gasteiger partial charge in [-0.25, -0.2) is 0 Å². The van der Waals surface area contributed by atoms with E-state index < -0.39 is 5.91 Å². The number of nitrogens with two attached hydrogens (primary N) is 1. The molecule has 1 rings (SSSR count). The second-order valence-electron chi connectivity index (χ2n) is 2.91. The molecule has 0 unspecified atom stereocenters. The highest BCUT2D eigenvalue weighted by atomic mass is 35.5. The van der Waals surface area contributed by atoms with E-state index in [2.05, 4.69) is 11.8 Å². The van der Waals surface area contributed by atoms with Crippen LogP contribution in [0, 0.1) is 11.8 Å². The van der Waals surface area contributed by atoms with Crippen molar-refractivity contribution >= 4 is 17.5 Å². The molecule has 0 saturated carbocycles. The first-order chi connectivity index (χ1) is 7.13. The number of amides is 1. The van der Waals surface area contributed by atoms with Crippen LogP contribution in [0.5, 0.6) is 0 Å². The van der Waals surface area contributed by atoms with Crippen LogP contribution in [-0.4, -0.2) is 11.0 Å². The highest BCUT2D eigenvalue weighted by Gasteiger charge is 1.98. The first-order valence-electron chi connectivity index (χ1n) is 4.30. The Morgan fingerprint density at radius 3 is 2.87 bits per heavy atom. The smallest absolute Gasteiger partial charge is 0.229 e. The van der Waals surface area contributed by atoms with Crippen LogP contribution in [0.2, 0.25) is 5.02 Å². The first kappa shape index (κ1) is 11.6. The van der Waals surface area contributed by atoms with Crippen LogP contribution in [0.15, 0.2) is 18.2 Å². The van der Waals surface area contributed by atoms with Gasteiger partial charge < -0.3 is 10.8 Å². The Labute approximate surface area is 92.9 Å². The highest BCUT2D eigenvalue weighted by molar-refractivity contribution is 6.31. The molecule has 0 aromatic heterocycles. The molecule has 0 radical (unpaired) electrons. The number of rotatable bonds is 2. The molecule has 78 valence electrons. The number of carbonyl (C=O) groups is 1. The number of carbonyl (C=O) groups excluding carboxylic acids is 1. The second-order valence-corrected chi connectivity index (χ2v) is 3.32. The van der Waals surface area contributed by atoms with Crippen LogP contribution in [0.4, 0.5) is 0 Å². The van der Waals surface area contributed by atoms with E-state index in [9.17, 15) is 4.79 Å². The van der Waals surface area contributed by atoms with Gasteiger partial charge >= 0.3 is 0 Å². The van der Waals surface area contributed by atoms with E-state index in [0.29, 0.717) is 16.1 Å². The Kier molecular flexibility index (Phi) is 4.17. The summed E-state index contributed by atoms with van der Waals surface area (Å²) in [4.78, 5) is 10.4. The van der Waals surface area contributed by atoms with Gasteiger partial charge in [-0.15, -0.1) is 0 Å². The molecule has 4 heteroatoms. The molecule has 1 aromatic carbocycles. The van der Waals surface area contributed by atoms with Crippen molar-refractivity contribution in [2.24, 2.45) is 5.73 Å². The standard InChI is InChI=1S/C11H10ClNO2/c12-10-5-4-8(6-9(10)7-14)2-1-3-11(13)15/h4-6,14H,3,7H2,(H2,13,15). The average molecular weight is 224 g/mol. The highest BCUT2D eigenvalue weighted by Crippen LogP contribution is 2.16. The van der Waals surface area contributed by atoms with Gasteiger partial charge in [0.25, 0.3) is 0 Å². The van der Waals surface area contributed by atoms with E-state index >= 15 is 0 Å². The maximum absolute atomic E-state index is 10.4. The molecule has 0 heterocycles. The molecular formula is C11H10ClNO2. The summed E-state index contributed by atoms with van der Waals surface area (Å²) in [5.41, 5.74) is 6.25. The zero-order valence-corrected chi connectivity index (χ0v) is 8.71. The van der Waals surface area contributed by atoms with E-state index in [0.717, 1.165) is 0 Å². The normalized spacial score (nSPS) is 9.20. The molecule has 0 aliphatic heterocycles. The monoisotopic (exact) mass is 223 g/mol. The quantitative estimate of drug-likeness (QED) is 0.737. The molecule has 3 nitrogen and oxygen atoms in total. The zero-order chi connectivity index (χ0) is 11.3. The third-order valence-electron chi connectivity index (χ3n) is 1.71. The van der Waals surface area contributed by atoms with Gasteiger partial charge in [-0.3, -0.25) is 4.79 Å². The molecule has 3 N–H and O–H groups in total. The summed E-state index contributed by atoms with van der Waals surface area (Å²) < 4.78 is 0. The molecule has 15 heavy (non-hydrogen) atoms. The Hall–Kier alpha value is -1.50. The molecular weight excluding hydrogens is 214 g/mol. The lowest BCUT2D eigenvalue weighted by molar-refractivity contribution is -0.117. The van der Waals surface area contributed by atoms with Crippen LogP contribution in [0.25, 0.3) is 0 Å². The van der Waals surface area contributed by atoms with Crippen LogP contribution >= 0.6 is 11.6 Å². The maximum atomic E-state index is 10.4. The van der Waals surface area contributed by atoms with E-state index in [1.54, 1.807) is 18.2 Å². The number of aliphatic hydroxyl groups is 1. The fourth-order valence-corrected chi connectivity index (χ4v) is 1.18. The number of hydrogen-bond acceptors (Lipinski definition) is 2. The number of halogens is 1. The summed E-state index contributed by atoms with van der Waals surface area (Å²) in [6.45, 7) is -0.135. The summed E-state index contributed by atoms with van der Waals surface area (Å²) in [6.07, 6.45) is 0.0249. The molecule has 0 atom stereocenters. The van der Waals surface area contributed by atoms with Crippen molar-refractivity contribution in [3.63, 3.8) is 0 Å². The Morgan fingerprint density at radius 1 is 1.53 bits per heavy atom. The van der Waals surface area contributed by atoms with Crippen molar-refractivity contribution in [3.8, 4) is 11.8 Å². The molecule has 1 amide bonds. The summed E-state index contributed by atoms with van der Waals surface area (Å²) >= 11 is 5.80. The third kappa shape index (κ3) is 3.62. The minimum Gasteiger partial charge on any atom is -0.392 e. The van der Waals surface area contributed by atoms with E-state index in [-0.39, 0.29) is 13.0 Å². The SMILES string of the molecule is NC(=O)CC#Cc1ccc(Cl)c(CO)c1. The lowest BCUT2D eigenvalue weighted by atomic mass is 10.1.